The van der Waals surface area contributed by atoms with Crippen LogP contribution in [0.5, 0.6) is 0 Å². The fourth-order valence-electron chi connectivity index (χ4n) is 3.76. The minimum atomic E-state index is -4.46. The maximum atomic E-state index is 13.1. The van der Waals surface area contributed by atoms with Gasteiger partial charge in [-0.05, 0) is 63.4 Å². The van der Waals surface area contributed by atoms with E-state index in [1.165, 1.54) is 7.11 Å². The van der Waals surface area contributed by atoms with E-state index in [2.05, 4.69) is 4.98 Å². The molecule has 0 aliphatic carbocycles. The Morgan fingerprint density at radius 3 is 2.39 bits per heavy atom. The summed E-state index contributed by atoms with van der Waals surface area (Å²) in [6.45, 7) is 8.03. The molecule has 194 valence electrons. The number of amides is 1. The van der Waals surface area contributed by atoms with E-state index in [9.17, 15) is 22.8 Å². The largest absolute Gasteiger partial charge is 0.465 e. The van der Waals surface area contributed by atoms with Crippen molar-refractivity contribution in [2.24, 2.45) is 0 Å². The van der Waals surface area contributed by atoms with Gasteiger partial charge in [-0.15, -0.1) is 0 Å². The predicted octanol–water partition coefficient (Wildman–Crippen LogP) is 6.35. The summed E-state index contributed by atoms with van der Waals surface area (Å²) in [6, 6.07) is 6.87. The lowest BCUT2D eigenvalue weighted by atomic mass is 10.0. The van der Waals surface area contributed by atoms with Gasteiger partial charge in [-0.3, -0.25) is 9.30 Å². The lowest BCUT2D eigenvalue weighted by Crippen LogP contribution is -2.39. The molecule has 0 N–H and O–H groups in total. The van der Waals surface area contributed by atoms with Crippen LogP contribution in [0.25, 0.3) is 16.9 Å². The molecule has 0 atom stereocenters. The van der Waals surface area contributed by atoms with Gasteiger partial charge in [0.05, 0.1) is 36.7 Å². The minimum Gasteiger partial charge on any atom is -0.465 e. The second-order valence-corrected chi connectivity index (χ2v) is 9.44. The number of alkyl halides is 3. The molecule has 10 heteroatoms. The number of esters is 1. The minimum absolute atomic E-state index is 0.224. The van der Waals surface area contributed by atoms with Crippen molar-refractivity contribution in [3.63, 3.8) is 0 Å². The Labute approximate surface area is 207 Å². The summed E-state index contributed by atoms with van der Waals surface area (Å²) in [4.78, 5) is 30.5. The number of benzene rings is 1. The molecule has 0 spiro atoms. The molecule has 0 saturated heterocycles. The molecule has 1 aromatic carbocycles. The molecule has 3 rings (SSSR count). The van der Waals surface area contributed by atoms with Crippen LogP contribution in [0.2, 0.25) is 0 Å². The van der Waals surface area contributed by atoms with Crippen molar-refractivity contribution in [1.82, 2.24) is 9.38 Å². The maximum Gasteiger partial charge on any atom is 0.414 e. The van der Waals surface area contributed by atoms with Gasteiger partial charge in [-0.1, -0.05) is 13.0 Å². The number of imidazole rings is 1. The van der Waals surface area contributed by atoms with Crippen molar-refractivity contribution < 1.29 is 32.2 Å². The molecule has 2 heterocycles. The zero-order chi connectivity index (χ0) is 26.8. The third-order valence-corrected chi connectivity index (χ3v) is 5.50. The molecule has 0 unspecified atom stereocenters. The number of carbonyl (C=O) groups excluding carboxylic acids is 2. The first-order valence-corrected chi connectivity index (χ1v) is 11.5. The Morgan fingerprint density at radius 1 is 1.14 bits per heavy atom. The number of ether oxygens (including phenoxy) is 2. The highest BCUT2D eigenvalue weighted by atomic mass is 19.4. The van der Waals surface area contributed by atoms with Crippen molar-refractivity contribution >= 4 is 23.4 Å². The van der Waals surface area contributed by atoms with E-state index in [4.69, 9.17) is 9.47 Å². The van der Waals surface area contributed by atoms with E-state index in [1.54, 1.807) is 56.5 Å². The number of carbonyl (C=O) groups is 2. The molecule has 1 amide bonds. The van der Waals surface area contributed by atoms with E-state index < -0.39 is 36.8 Å². The molecule has 3 aromatic rings. The molecule has 0 aliphatic rings. The van der Waals surface area contributed by atoms with E-state index in [0.717, 1.165) is 16.0 Å². The number of aromatic nitrogens is 2. The van der Waals surface area contributed by atoms with Gasteiger partial charge in [0.1, 0.15) is 5.60 Å². The van der Waals surface area contributed by atoms with E-state index >= 15 is 0 Å². The van der Waals surface area contributed by atoms with Gasteiger partial charge in [-0.2, -0.15) is 13.2 Å². The third kappa shape index (κ3) is 6.16. The van der Waals surface area contributed by atoms with Gasteiger partial charge in [-0.25, -0.2) is 14.6 Å². The standard InChI is InChI=1S/C26H30F3N3O4/c1-7-17-13-20(31(11-10-26(27,28)29)24(34)36-25(3,4)5)22-30-14-21(32(22)15-17)18-8-9-19(16(2)12-18)23(33)35-6/h8-9,12-15H,7,10-11H2,1-6H3. The van der Waals surface area contributed by atoms with Crippen LogP contribution in [0.3, 0.4) is 0 Å². The van der Waals surface area contributed by atoms with Crippen molar-refractivity contribution in [2.75, 3.05) is 18.6 Å². The first-order valence-electron chi connectivity index (χ1n) is 11.5. The molecule has 0 aliphatic heterocycles. The number of aryl methyl sites for hydroxylation is 2. The smallest absolute Gasteiger partial charge is 0.414 e. The normalized spacial score (nSPS) is 12.0. The number of rotatable bonds is 6. The van der Waals surface area contributed by atoms with Crippen LogP contribution in [0, 0.1) is 6.92 Å². The predicted molar refractivity (Wildman–Crippen MR) is 130 cm³/mol. The van der Waals surface area contributed by atoms with Crippen LogP contribution >= 0.6 is 0 Å². The van der Waals surface area contributed by atoms with Crippen molar-refractivity contribution in [3.05, 3.63) is 53.3 Å². The average Bonchev–Trinajstić information content (AvgIpc) is 3.20. The second kappa shape index (κ2) is 10.2. The van der Waals surface area contributed by atoms with Crippen molar-refractivity contribution in [1.29, 1.82) is 0 Å². The Hall–Kier alpha value is -3.56. The van der Waals surface area contributed by atoms with Crippen LogP contribution in [-0.2, 0) is 15.9 Å². The lowest BCUT2D eigenvalue weighted by Gasteiger charge is -2.28. The summed E-state index contributed by atoms with van der Waals surface area (Å²) in [6.07, 6.45) is -2.55. The summed E-state index contributed by atoms with van der Waals surface area (Å²) in [5.74, 6) is -0.453. The summed E-state index contributed by atoms with van der Waals surface area (Å²) in [7, 11) is 1.31. The monoisotopic (exact) mass is 505 g/mol. The molecule has 7 nitrogen and oxygen atoms in total. The van der Waals surface area contributed by atoms with Crippen molar-refractivity contribution in [3.8, 4) is 11.3 Å². The van der Waals surface area contributed by atoms with Gasteiger partial charge >= 0.3 is 18.2 Å². The van der Waals surface area contributed by atoms with Gasteiger partial charge in [0.25, 0.3) is 0 Å². The Balaban J connectivity index is 2.16. The summed E-state index contributed by atoms with van der Waals surface area (Å²) in [5, 5.41) is 0. The molecule has 0 fully saturated rings. The molecule has 2 aromatic heterocycles. The summed E-state index contributed by atoms with van der Waals surface area (Å²) >= 11 is 0. The molecule has 36 heavy (non-hydrogen) atoms. The SMILES string of the molecule is CCc1cc(N(CCC(F)(F)F)C(=O)OC(C)(C)C)c2ncc(-c3ccc(C(=O)OC)c(C)c3)n2c1. The van der Waals surface area contributed by atoms with Crippen LogP contribution in [-0.4, -0.2) is 46.9 Å². The molecular weight excluding hydrogens is 475 g/mol. The highest BCUT2D eigenvalue weighted by Crippen LogP contribution is 2.32. The average molecular weight is 506 g/mol. The van der Waals surface area contributed by atoms with Gasteiger partial charge in [0.2, 0.25) is 0 Å². The first kappa shape index (κ1) is 27.0. The number of halogens is 3. The van der Waals surface area contributed by atoms with Gasteiger partial charge in [0.15, 0.2) is 5.65 Å². The van der Waals surface area contributed by atoms with Crippen molar-refractivity contribution in [2.45, 2.75) is 59.2 Å². The number of hydrogen-bond acceptors (Lipinski definition) is 5. The number of nitrogens with zero attached hydrogens (tertiary/aromatic N) is 3. The van der Waals surface area contributed by atoms with Gasteiger partial charge in [0, 0.05) is 18.3 Å². The van der Waals surface area contributed by atoms with Crippen LogP contribution in [0.1, 0.15) is 55.6 Å². The number of methoxy groups -OCH3 is 1. The Morgan fingerprint density at radius 2 is 1.83 bits per heavy atom. The lowest BCUT2D eigenvalue weighted by molar-refractivity contribution is -0.132. The zero-order valence-corrected chi connectivity index (χ0v) is 21.2. The molecule has 0 bridgehead atoms. The van der Waals surface area contributed by atoms with Crippen LogP contribution < -0.4 is 4.90 Å². The first-order chi connectivity index (χ1) is 16.7. The van der Waals surface area contributed by atoms with Crippen LogP contribution in [0.15, 0.2) is 36.7 Å². The molecule has 0 radical (unpaired) electrons. The topological polar surface area (TPSA) is 73.1 Å². The van der Waals surface area contributed by atoms with E-state index in [-0.39, 0.29) is 5.69 Å². The highest BCUT2D eigenvalue weighted by Gasteiger charge is 2.32. The second-order valence-electron chi connectivity index (χ2n) is 9.44. The Bertz CT molecular complexity index is 1280. The number of hydrogen-bond donors (Lipinski definition) is 0. The number of fused-ring (bicyclic) bond motifs is 1. The fraction of sp³-hybridized carbons (Fsp3) is 0.423. The molecule has 0 saturated carbocycles. The fourth-order valence-corrected chi connectivity index (χ4v) is 3.76. The van der Waals surface area contributed by atoms with Gasteiger partial charge < -0.3 is 9.47 Å². The number of anilines is 1. The highest BCUT2D eigenvalue weighted by molar-refractivity contribution is 5.94. The number of pyridine rings is 1. The Kier molecular flexibility index (Phi) is 7.66. The summed E-state index contributed by atoms with van der Waals surface area (Å²) in [5.41, 5.74) is 2.94. The van der Waals surface area contributed by atoms with Crippen LogP contribution in [0.4, 0.5) is 23.7 Å². The van der Waals surface area contributed by atoms with E-state index in [0.29, 0.717) is 28.9 Å². The third-order valence-electron chi connectivity index (χ3n) is 5.50. The summed E-state index contributed by atoms with van der Waals surface area (Å²) < 4.78 is 51.4. The quantitative estimate of drug-likeness (QED) is 0.365. The molecular formula is C26H30F3N3O4. The zero-order valence-electron chi connectivity index (χ0n) is 21.2. The maximum absolute atomic E-state index is 13.1. The van der Waals surface area contributed by atoms with E-state index in [1.807, 2.05) is 19.2 Å².